The number of rotatable bonds is 5. The van der Waals surface area contributed by atoms with Crippen LogP contribution in [0.25, 0.3) is 0 Å². The van der Waals surface area contributed by atoms with E-state index >= 15 is 0 Å². The van der Waals surface area contributed by atoms with Crippen LogP contribution < -0.4 is 4.74 Å². The van der Waals surface area contributed by atoms with Gasteiger partial charge in [0.15, 0.2) is 11.6 Å². The van der Waals surface area contributed by atoms with Crippen LogP contribution >= 0.6 is 15.9 Å². The molecule has 2 aromatic rings. The number of carbonyl (C=O) groups excluding carboxylic acids is 1. The zero-order valence-electron chi connectivity index (χ0n) is 10.4. The molecule has 1 heterocycles. The molecule has 0 saturated heterocycles. The molecule has 0 aliphatic rings. The summed E-state index contributed by atoms with van der Waals surface area (Å²) in [5.74, 6) is -0.821. The van der Waals surface area contributed by atoms with Gasteiger partial charge in [-0.05, 0) is 34.1 Å². The number of para-hydroxylation sites is 1. The molecular weight excluding hydrogens is 329 g/mol. The number of halogens is 2. The van der Waals surface area contributed by atoms with Gasteiger partial charge >= 0.3 is 5.97 Å². The maximum atomic E-state index is 13.2. The summed E-state index contributed by atoms with van der Waals surface area (Å²) in [5.41, 5.74) is 0.338. The quantitative estimate of drug-likeness (QED) is 0.619. The predicted octanol–water partition coefficient (Wildman–Crippen LogP) is 3.22. The van der Waals surface area contributed by atoms with Gasteiger partial charge in [-0.15, -0.1) is 0 Å². The molecule has 1 aromatic heterocycles. The molecule has 0 spiro atoms. The van der Waals surface area contributed by atoms with E-state index in [0.717, 1.165) is 0 Å². The number of esters is 1. The third-order valence-corrected chi connectivity index (χ3v) is 2.78. The molecule has 0 bridgehead atoms. The molecule has 0 saturated carbocycles. The van der Waals surface area contributed by atoms with Crippen molar-refractivity contribution in [1.82, 2.24) is 4.98 Å². The minimum atomic E-state index is -0.504. The summed E-state index contributed by atoms with van der Waals surface area (Å²) in [5, 5.41) is 0. The second kappa shape index (κ2) is 7.00. The first kappa shape index (κ1) is 14.5. The van der Waals surface area contributed by atoms with Crippen molar-refractivity contribution in [3.8, 4) is 5.75 Å². The van der Waals surface area contributed by atoms with Crippen molar-refractivity contribution < 1.29 is 18.7 Å². The summed E-state index contributed by atoms with van der Waals surface area (Å²) in [4.78, 5) is 15.5. The molecular formula is C14H11BrFNO3. The van der Waals surface area contributed by atoms with E-state index in [0.29, 0.717) is 10.0 Å². The number of benzene rings is 1. The smallest absolute Gasteiger partial charge is 0.339 e. The van der Waals surface area contributed by atoms with Crippen LogP contribution in [-0.4, -0.2) is 24.2 Å². The summed E-state index contributed by atoms with van der Waals surface area (Å²) in [7, 11) is 0. The van der Waals surface area contributed by atoms with Gasteiger partial charge in [0.2, 0.25) is 0 Å². The Balaban J connectivity index is 1.79. The summed E-state index contributed by atoms with van der Waals surface area (Å²) in [6.07, 6.45) is 2.98. The summed E-state index contributed by atoms with van der Waals surface area (Å²) >= 11 is 3.21. The number of carbonyl (C=O) groups is 1. The van der Waals surface area contributed by atoms with Crippen molar-refractivity contribution in [3.63, 3.8) is 0 Å². The standard InChI is InChI=1S/C14H11BrFNO3/c15-11-7-10(8-17-9-11)14(18)20-6-5-19-13-4-2-1-3-12(13)16/h1-4,7-9H,5-6H2. The lowest BCUT2D eigenvalue weighted by Crippen LogP contribution is -2.13. The summed E-state index contributed by atoms with van der Waals surface area (Å²) in [6.45, 7) is 0.105. The van der Waals surface area contributed by atoms with Crippen molar-refractivity contribution in [2.45, 2.75) is 0 Å². The normalized spacial score (nSPS) is 10.1. The molecule has 4 nitrogen and oxygen atoms in total. The zero-order valence-corrected chi connectivity index (χ0v) is 12.0. The van der Waals surface area contributed by atoms with Crippen LogP contribution in [0, 0.1) is 5.82 Å². The zero-order chi connectivity index (χ0) is 14.4. The minimum absolute atomic E-state index is 0.0275. The van der Waals surface area contributed by atoms with Crippen LogP contribution in [0.2, 0.25) is 0 Å². The SMILES string of the molecule is O=C(OCCOc1ccccc1F)c1cncc(Br)c1. The summed E-state index contributed by atoms with van der Waals surface area (Å²) < 4.78 is 24.1. The topological polar surface area (TPSA) is 48.4 Å². The van der Waals surface area contributed by atoms with Crippen molar-refractivity contribution in [2.75, 3.05) is 13.2 Å². The molecule has 0 radical (unpaired) electrons. The lowest BCUT2D eigenvalue weighted by molar-refractivity contribution is 0.0448. The molecule has 0 fully saturated rings. The molecule has 6 heteroatoms. The number of hydrogen-bond acceptors (Lipinski definition) is 4. The van der Waals surface area contributed by atoms with Crippen molar-refractivity contribution >= 4 is 21.9 Å². The fraction of sp³-hybridized carbons (Fsp3) is 0.143. The largest absolute Gasteiger partial charge is 0.487 e. The van der Waals surface area contributed by atoms with Crippen molar-refractivity contribution in [3.05, 3.63) is 58.6 Å². The molecule has 0 N–H and O–H groups in total. The van der Waals surface area contributed by atoms with Gasteiger partial charge in [-0.1, -0.05) is 12.1 Å². The van der Waals surface area contributed by atoms with Gasteiger partial charge in [0.1, 0.15) is 13.2 Å². The fourth-order valence-corrected chi connectivity index (χ4v) is 1.82. The Morgan fingerprint density at radius 1 is 1.25 bits per heavy atom. The molecule has 20 heavy (non-hydrogen) atoms. The minimum Gasteiger partial charge on any atom is -0.487 e. The monoisotopic (exact) mass is 339 g/mol. The Kier molecular flexibility index (Phi) is 5.06. The number of nitrogens with zero attached hydrogens (tertiary/aromatic N) is 1. The number of hydrogen-bond donors (Lipinski definition) is 0. The van der Waals surface area contributed by atoms with E-state index in [2.05, 4.69) is 20.9 Å². The molecule has 2 rings (SSSR count). The van der Waals surface area contributed by atoms with E-state index in [1.54, 1.807) is 24.4 Å². The van der Waals surface area contributed by atoms with E-state index in [1.807, 2.05) is 0 Å². The Morgan fingerprint density at radius 3 is 2.80 bits per heavy atom. The van der Waals surface area contributed by atoms with Crippen molar-refractivity contribution in [1.29, 1.82) is 0 Å². The van der Waals surface area contributed by atoms with E-state index < -0.39 is 11.8 Å². The molecule has 1 aromatic carbocycles. The number of pyridine rings is 1. The van der Waals surface area contributed by atoms with Crippen LogP contribution in [0.15, 0.2) is 47.2 Å². The van der Waals surface area contributed by atoms with E-state index in [4.69, 9.17) is 9.47 Å². The highest BCUT2D eigenvalue weighted by Crippen LogP contribution is 2.15. The van der Waals surface area contributed by atoms with E-state index in [1.165, 1.54) is 18.3 Å². The molecule has 0 atom stereocenters. The lowest BCUT2D eigenvalue weighted by atomic mass is 10.3. The summed E-state index contributed by atoms with van der Waals surface area (Å²) in [6, 6.07) is 7.65. The number of ether oxygens (including phenoxy) is 2. The van der Waals surface area contributed by atoms with E-state index in [9.17, 15) is 9.18 Å². The average molecular weight is 340 g/mol. The Hall–Kier alpha value is -1.95. The first-order valence-corrected chi connectivity index (χ1v) is 6.61. The van der Waals surface area contributed by atoms with Gasteiger partial charge in [0.05, 0.1) is 5.56 Å². The van der Waals surface area contributed by atoms with Gasteiger partial charge in [-0.2, -0.15) is 0 Å². The molecule has 104 valence electrons. The van der Waals surface area contributed by atoms with Crippen LogP contribution in [0.5, 0.6) is 5.75 Å². The maximum Gasteiger partial charge on any atom is 0.339 e. The second-order valence-electron chi connectivity index (χ2n) is 3.81. The van der Waals surface area contributed by atoms with E-state index in [-0.39, 0.29) is 19.0 Å². The first-order valence-electron chi connectivity index (χ1n) is 5.82. The highest BCUT2D eigenvalue weighted by atomic mass is 79.9. The highest BCUT2D eigenvalue weighted by Gasteiger charge is 2.08. The number of aromatic nitrogens is 1. The fourth-order valence-electron chi connectivity index (χ4n) is 1.45. The van der Waals surface area contributed by atoms with Crippen molar-refractivity contribution in [2.24, 2.45) is 0 Å². The average Bonchev–Trinajstić information content (AvgIpc) is 2.45. The van der Waals surface area contributed by atoms with Crippen LogP contribution in [-0.2, 0) is 4.74 Å². The van der Waals surface area contributed by atoms with Gasteiger partial charge in [-0.3, -0.25) is 4.98 Å². The second-order valence-corrected chi connectivity index (χ2v) is 4.72. The Bertz CT molecular complexity index is 606. The van der Waals surface area contributed by atoms with Gasteiger partial charge in [0, 0.05) is 16.9 Å². The van der Waals surface area contributed by atoms with Gasteiger partial charge in [-0.25, -0.2) is 9.18 Å². The third kappa shape index (κ3) is 4.03. The molecule has 0 aliphatic heterocycles. The molecule has 0 amide bonds. The maximum absolute atomic E-state index is 13.2. The van der Waals surface area contributed by atoms with Gasteiger partial charge in [0.25, 0.3) is 0 Å². The molecule has 0 aliphatic carbocycles. The first-order chi connectivity index (χ1) is 9.66. The van der Waals surface area contributed by atoms with Crippen LogP contribution in [0.1, 0.15) is 10.4 Å². The molecule has 0 unspecified atom stereocenters. The lowest BCUT2D eigenvalue weighted by Gasteiger charge is -2.08. The van der Waals surface area contributed by atoms with Crippen LogP contribution in [0.4, 0.5) is 4.39 Å². The third-order valence-electron chi connectivity index (χ3n) is 2.35. The van der Waals surface area contributed by atoms with Crippen LogP contribution in [0.3, 0.4) is 0 Å². The Morgan fingerprint density at radius 2 is 2.05 bits per heavy atom. The highest BCUT2D eigenvalue weighted by molar-refractivity contribution is 9.10. The Labute approximate surface area is 123 Å². The predicted molar refractivity (Wildman–Crippen MR) is 74.1 cm³/mol. The van der Waals surface area contributed by atoms with Gasteiger partial charge < -0.3 is 9.47 Å².